The van der Waals surface area contributed by atoms with Crippen LogP contribution in [0.5, 0.6) is 28.7 Å². The highest BCUT2D eigenvalue weighted by Crippen LogP contribution is 2.37. The van der Waals surface area contributed by atoms with Crippen molar-refractivity contribution in [3.8, 4) is 28.7 Å². The molecule has 4 aromatic carbocycles. The number of carbonyl (C=O) groups excluding carboxylic acids is 1. The molecule has 1 aromatic heterocycles. The van der Waals surface area contributed by atoms with Crippen molar-refractivity contribution in [1.82, 2.24) is 4.98 Å². The average molecular weight is 481 g/mol. The summed E-state index contributed by atoms with van der Waals surface area (Å²) in [6.07, 6.45) is 1.70. The lowest BCUT2D eigenvalue weighted by molar-refractivity contribution is -0.118. The normalized spacial score (nSPS) is 10.7. The van der Waals surface area contributed by atoms with Crippen LogP contribution in [0.25, 0.3) is 21.7 Å². The number of nitrogens with zero attached hydrogens (tertiary/aromatic N) is 1. The maximum Gasteiger partial charge on any atom is 0.262 e. The number of pyridine rings is 1. The van der Waals surface area contributed by atoms with E-state index in [1.807, 2.05) is 84.9 Å². The molecule has 0 bridgehead atoms. The second-order valence-electron chi connectivity index (χ2n) is 8.01. The zero-order valence-electron chi connectivity index (χ0n) is 19.9. The fraction of sp³-hybridized carbons (Fsp3) is 0.103. The molecule has 0 aliphatic carbocycles. The van der Waals surface area contributed by atoms with Crippen molar-refractivity contribution in [1.29, 1.82) is 0 Å². The maximum atomic E-state index is 12.3. The van der Waals surface area contributed by atoms with Crippen LogP contribution in [0.2, 0.25) is 0 Å². The molecule has 0 spiro atoms. The fourth-order valence-electron chi connectivity index (χ4n) is 3.89. The van der Waals surface area contributed by atoms with Gasteiger partial charge in [-0.3, -0.25) is 9.78 Å². The molecule has 0 aliphatic rings. The van der Waals surface area contributed by atoms with Crippen LogP contribution in [0, 0.1) is 0 Å². The molecule has 180 valence electrons. The van der Waals surface area contributed by atoms with E-state index in [4.69, 9.17) is 18.9 Å². The summed E-state index contributed by atoms with van der Waals surface area (Å²) in [6.45, 7) is -0.0641. The molecule has 0 radical (unpaired) electrons. The molecule has 36 heavy (non-hydrogen) atoms. The summed E-state index contributed by atoms with van der Waals surface area (Å²) in [6, 6.07) is 26.2. The molecule has 0 saturated carbocycles. The zero-order valence-corrected chi connectivity index (χ0v) is 19.9. The summed E-state index contributed by atoms with van der Waals surface area (Å²) >= 11 is 0. The number of fused-ring (bicyclic) bond motifs is 2. The van der Waals surface area contributed by atoms with Crippen LogP contribution in [0.4, 0.5) is 5.69 Å². The van der Waals surface area contributed by atoms with Gasteiger partial charge in [0.1, 0.15) is 17.2 Å². The number of nitrogens with one attached hydrogen (secondary N) is 1. The van der Waals surface area contributed by atoms with Crippen LogP contribution in [0.1, 0.15) is 0 Å². The number of carbonyl (C=O) groups is 1. The van der Waals surface area contributed by atoms with E-state index in [1.165, 1.54) is 0 Å². The van der Waals surface area contributed by atoms with Crippen LogP contribution >= 0.6 is 0 Å². The molecule has 0 aliphatic heterocycles. The first kappa shape index (κ1) is 23.0. The van der Waals surface area contributed by atoms with Crippen molar-refractivity contribution in [2.24, 2.45) is 0 Å². The number of ether oxygens (including phenoxy) is 4. The van der Waals surface area contributed by atoms with E-state index in [9.17, 15) is 4.79 Å². The summed E-state index contributed by atoms with van der Waals surface area (Å²) in [7, 11) is 3.19. The van der Waals surface area contributed by atoms with Gasteiger partial charge in [0.25, 0.3) is 5.91 Å². The van der Waals surface area contributed by atoms with Gasteiger partial charge in [-0.15, -0.1) is 0 Å². The van der Waals surface area contributed by atoms with Crippen molar-refractivity contribution >= 4 is 33.3 Å². The first-order valence-corrected chi connectivity index (χ1v) is 11.3. The van der Waals surface area contributed by atoms with E-state index < -0.39 is 0 Å². The Kier molecular flexibility index (Phi) is 6.53. The number of amides is 1. The van der Waals surface area contributed by atoms with Gasteiger partial charge in [-0.1, -0.05) is 30.3 Å². The van der Waals surface area contributed by atoms with E-state index >= 15 is 0 Å². The lowest BCUT2D eigenvalue weighted by atomic mass is 10.1. The van der Waals surface area contributed by atoms with Crippen LogP contribution in [-0.2, 0) is 4.79 Å². The van der Waals surface area contributed by atoms with Crippen LogP contribution < -0.4 is 24.3 Å². The summed E-state index contributed by atoms with van der Waals surface area (Å²) in [5, 5.41) is 5.63. The summed E-state index contributed by atoms with van der Waals surface area (Å²) < 4.78 is 22.5. The number of rotatable bonds is 8. The Bertz CT molecular complexity index is 1540. The van der Waals surface area contributed by atoms with Crippen molar-refractivity contribution in [2.45, 2.75) is 0 Å². The van der Waals surface area contributed by atoms with E-state index in [0.717, 1.165) is 21.7 Å². The lowest BCUT2D eigenvalue weighted by Crippen LogP contribution is -2.20. The second kappa shape index (κ2) is 10.2. The third-order valence-corrected chi connectivity index (χ3v) is 5.64. The minimum Gasteiger partial charge on any atom is -0.493 e. The van der Waals surface area contributed by atoms with Crippen molar-refractivity contribution < 1.29 is 23.7 Å². The molecule has 1 heterocycles. The van der Waals surface area contributed by atoms with Gasteiger partial charge in [-0.2, -0.15) is 0 Å². The lowest BCUT2D eigenvalue weighted by Gasteiger charge is -2.13. The largest absolute Gasteiger partial charge is 0.493 e. The van der Waals surface area contributed by atoms with Gasteiger partial charge < -0.3 is 24.3 Å². The van der Waals surface area contributed by atoms with Crippen LogP contribution in [0.15, 0.2) is 91.1 Å². The molecule has 1 N–H and O–H groups in total. The molecule has 0 saturated heterocycles. The number of para-hydroxylation sites is 1. The second-order valence-corrected chi connectivity index (χ2v) is 8.01. The van der Waals surface area contributed by atoms with Crippen molar-refractivity contribution in [3.63, 3.8) is 0 Å². The number of hydrogen-bond acceptors (Lipinski definition) is 6. The van der Waals surface area contributed by atoms with Gasteiger partial charge in [-0.25, -0.2) is 0 Å². The topological polar surface area (TPSA) is 78.9 Å². The first-order valence-electron chi connectivity index (χ1n) is 11.3. The third-order valence-electron chi connectivity index (χ3n) is 5.64. The summed E-state index contributed by atoms with van der Waals surface area (Å²) in [4.78, 5) is 16.7. The van der Waals surface area contributed by atoms with Gasteiger partial charge in [0, 0.05) is 23.3 Å². The molecule has 1 amide bonds. The summed E-state index contributed by atoms with van der Waals surface area (Å²) in [5.74, 6) is 2.97. The number of aromatic nitrogens is 1. The Morgan fingerprint density at radius 1 is 0.778 bits per heavy atom. The molecule has 5 aromatic rings. The smallest absolute Gasteiger partial charge is 0.262 e. The van der Waals surface area contributed by atoms with Crippen LogP contribution in [-0.4, -0.2) is 31.7 Å². The third kappa shape index (κ3) is 5.00. The van der Waals surface area contributed by atoms with E-state index in [0.29, 0.717) is 34.4 Å². The number of hydrogen-bond donors (Lipinski definition) is 1. The summed E-state index contributed by atoms with van der Waals surface area (Å²) in [5.41, 5.74) is 1.43. The zero-order chi connectivity index (χ0) is 24.9. The quantitative estimate of drug-likeness (QED) is 0.284. The molecular weight excluding hydrogens is 456 g/mol. The first-order chi connectivity index (χ1) is 17.6. The minimum atomic E-state index is -0.227. The predicted octanol–water partition coefficient (Wildman–Crippen LogP) is 6.22. The molecule has 5 rings (SSSR count). The molecule has 7 heteroatoms. The van der Waals surface area contributed by atoms with Crippen molar-refractivity contribution in [3.05, 3.63) is 91.1 Å². The monoisotopic (exact) mass is 480 g/mol. The molecule has 0 fully saturated rings. The highest BCUT2D eigenvalue weighted by Gasteiger charge is 2.12. The minimum absolute atomic E-state index is 0.0641. The Morgan fingerprint density at radius 3 is 2.33 bits per heavy atom. The van der Waals surface area contributed by atoms with E-state index in [1.54, 1.807) is 20.4 Å². The Labute approximate surface area is 208 Å². The maximum absolute atomic E-state index is 12.3. The Morgan fingerprint density at radius 2 is 1.53 bits per heavy atom. The molecule has 0 atom stereocenters. The average Bonchev–Trinajstić information content (AvgIpc) is 2.92. The van der Waals surface area contributed by atoms with Gasteiger partial charge in [-0.05, 0) is 59.3 Å². The Hall–Kier alpha value is -4.78. The van der Waals surface area contributed by atoms with Crippen LogP contribution in [0.3, 0.4) is 0 Å². The number of methoxy groups -OCH3 is 2. The van der Waals surface area contributed by atoms with E-state index in [-0.39, 0.29) is 12.5 Å². The van der Waals surface area contributed by atoms with Gasteiger partial charge in [0.2, 0.25) is 0 Å². The SMILES string of the molecule is COc1cc2nccc(Oc3ccc4cc(NC(=O)COc5ccccc5)ccc4c3)c2cc1OC. The fourth-order valence-corrected chi connectivity index (χ4v) is 3.89. The van der Waals surface area contributed by atoms with E-state index in [2.05, 4.69) is 10.3 Å². The Balaban J connectivity index is 1.32. The molecule has 0 unspecified atom stereocenters. The standard InChI is InChI=1S/C29H24N2O5/c1-33-27-16-24-25(17-28(27)34-2)30-13-12-26(24)36-23-11-9-19-14-21(10-8-20(19)15-23)31-29(32)18-35-22-6-4-3-5-7-22/h3-17H,18H2,1-2H3,(H,31,32). The molecular formula is C29H24N2O5. The predicted molar refractivity (Wildman–Crippen MR) is 139 cm³/mol. The van der Waals surface area contributed by atoms with Gasteiger partial charge in [0.15, 0.2) is 18.1 Å². The van der Waals surface area contributed by atoms with Gasteiger partial charge in [0.05, 0.1) is 19.7 Å². The highest BCUT2D eigenvalue weighted by atomic mass is 16.5. The van der Waals surface area contributed by atoms with Crippen molar-refractivity contribution in [2.75, 3.05) is 26.1 Å². The highest BCUT2D eigenvalue weighted by molar-refractivity contribution is 5.95. The van der Waals surface area contributed by atoms with Gasteiger partial charge >= 0.3 is 0 Å². The number of anilines is 1. The molecule has 7 nitrogen and oxygen atoms in total. The number of benzene rings is 4.